The Morgan fingerprint density at radius 2 is 1.61 bits per heavy atom. The van der Waals surface area contributed by atoms with Crippen molar-refractivity contribution < 1.29 is 14.4 Å². The monoisotopic (exact) mass is 455 g/mol. The zero-order valence-electron chi connectivity index (χ0n) is 18.0. The second-order valence-electron chi connectivity index (χ2n) is 7.96. The van der Waals surface area contributed by atoms with Gasteiger partial charge in [0, 0.05) is 18.4 Å². The summed E-state index contributed by atoms with van der Waals surface area (Å²) in [5.41, 5.74) is 3.89. The summed E-state index contributed by atoms with van der Waals surface area (Å²) in [6.45, 7) is 2.20. The van der Waals surface area contributed by atoms with Crippen molar-refractivity contribution in [1.29, 1.82) is 0 Å². The fourth-order valence-corrected chi connectivity index (χ4v) is 4.91. The fourth-order valence-electron chi connectivity index (χ4n) is 3.93. The first-order valence-electron chi connectivity index (χ1n) is 10.7. The van der Waals surface area contributed by atoms with Crippen LogP contribution in [0.3, 0.4) is 0 Å². The van der Waals surface area contributed by atoms with E-state index >= 15 is 0 Å². The van der Waals surface area contributed by atoms with Crippen molar-refractivity contribution >= 4 is 50.1 Å². The molecule has 1 aliphatic heterocycles. The highest BCUT2D eigenvalue weighted by Crippen LogP contribution is 2.36. The lowest BCUT2D eigenvalue weighted by Gasteiger charge is -2.22. The molecule has 0 radical (unpaired) electrons. The maximum atomic E-state index is 13.7. The summed E-state index contributed by atoms with van der Waals surface area (Å²) in [5.74, 6) is -0.494. The Morgan fingerprint density at radius 1 is 0.939 bits per heavy atom. The maximum absolute atomic E-state index is 13.7. The summed E-state index contributed by atoms with van der Waals surface area (Å²) < 4.78 is 1.01. The Hall–Kier alpha value is -3.84. The Balaban J connectivity index is 1.49. The molecule has 6 nitrogen and oxygen atoms in total. The number of hydrogen-bond donors (Lipinski definition) is 0. The summed E-state index contributed by atoms with van der Waals surface area (Å²) in [7, 11) is 0. The normalized spacial score (nSPS) is 13.7. The number of likely N-dealkylation sites (tertiary alicyclic amines) is 1. The number of aromatic nitrogens is 1. The van der Waals surface area contributed by atoms with Crippen molar-refractivity contribution in [3.8, 4) is 0 Å². The molecule has 0 bridgehead atoms. The van der Waals surface area contributed by atoms with Crippen LogP contribution in [0.25, 0.3) is 10.2 Å². The van der Waals surface area contributed by atoms with Crippen molar-refractivity contribution in [1.82, 2.24) is 9.88 Å². The van der Waals surface area contributed by atoms with E-state index in [0.29, 0.717) is 10.7 Å². The Labute approximate surface area is 195 Å². The standard InChI is InChI=1S/C26H21N3O3S/c1-17-6-2-4-8-21(17)29(26-27-20-7-3-5-9-22(20)33-26)25(32)19-12-10-18(11-13-19)16-28-23(30)14-15-24(28)31/h2-13H,14-16H2,1H3. The molecule has 1 saturated heterocycles. The molecule has 0 N–H and O–H groups in total. The maximum Gasteiger partial charge on any atom is 0.264 e. The highest BCUT2D eigenvalue weighted by Gasteiger charge is 2.29. The van der Waals surface area contributed by atoms with Gasteiger partial charge in [-0.25, -0.2) is 4.98 Å². The van der Waals surface area contributed by atoms with Gasteiger partial charge in [0.15, 0.2) is 5.13 Å². The van der Waals surface area contributed by atoms with Gasteiger partial charge in [-0.2, -0.15) is 0 Å². The van der Waals surface area contributed by atoms with E-state index in [2.05, 4.69) is 0 Å². The quantitative estimate of drug-likeness (QED) is 0.386. The molecular weight excluding hydrogens is 434 g/mol. The van der Waals surface area contributed by atoms with E-state index < -0.39 is 0 Å². The van der Waals surface area contributed by atoms with Gasteiger partial charge in [-0.15, -0.1) is 0 Å². The molecule has 4 aromatic rings. The van der Waals surface area contributed by atoms with Crippen molar-refractivity contribution in [2.45, 2.75) is 26.3 Å². The van der Waals surface area contributed by atoms with Crippen LogP contribution in [-0.2, 0) is 16.1 Å². The lowest BCUT2D eigenvalue weighted by atomic mass is 10.1. The fraction of sp³-hybridized carbons (Fsp3) is 0.154. The average Bonchev–Trinajstić information content (AvgIpc) is 3.39. The molecule has 33 heavy (non-hydrogen) atoms. The van der Waals surface area contributed by atoms with Crippen LogP contribution in [0.4, 0.5) is 10.8 Å². The number of anilines is 2. The molecule has 1 fully saturated rings. The van der Waals surface area contributed by atoms with Gasteiger partial charge in [0.05, 0.1) is 22.4 Å². The number of thiazole rings is 1. The van der Waals surface area contributed by atoms with Crippen molar-refractivity contribution in [3.05, 3.63) is 89.5 Å². The molecule has 3 amide bonds. The van der Waals surface area contributed by atoms with Crippen LogP contribution in [0.15, 0.2) is 72.8 Å². The Kier molecular flexibility index (Phi) is 5.48. The molecular formula is C26H21N3O3S. The van der Waals surface area contributed by atoms with Gasteiger partial charge in [-0.3, -0.25) is 24.2 Å². The van der Waals surface area contributed by atoms with E-state index in [1.807, 2.05) is 55.5 Å². The van der Waals surface area contributed by atoms with Crippen LogP contribution in [0.5, 0.6) is 0 Å². The zero-order chi connectivity index (χ0) is 22.9. The van der Waals surface area contributed by atoms with Crippen LogP contribution in [0, 0.1) is 6.92 Å². The predicted molar refractivity (Wildman–Crippen MR) is 129 cm³/mol. The number of imide groups is 1. The molecule has 7 heteroatoms. The molecule has 164 valence electrons. The van der Waals surface area contributed by atoms with E-state index in [9.17, 15) is 14.4 Å². The van der Waals surface area contributed by atoms with Crippen molar-refractivity contribution in [3.63, 3.8) is 0 Å². The number of carbonyl (C=O) groups excluding carboxylic acids is 3. The topological polar surface area (TPSA) is 70.6 Å². The average molecular weight is 456 g/mol. The molecule has 1 aliphatic rings. The van der Waals surface area contributed by atoms with E-state index in [4.69, 9.17) is 4.98 Å². The number of amides is 3. The SMILES string of the molecule is Cc1ccccc1N(C(=O)c1ccc(CN2C(=O)CCC2=O)cc1)c1nc2ccccc2s1. The molecule has 0 spiro atoms. The van der Waals surface area contributed by atoms with Crippen LogP contribution in [0.2, 0.25) is 0 Å². The van der Waals surface area contributed by atoms with Gasteiger partial charge in [0.25, 0.3) is 5.91 Å². The number of nitrogens with zero attached hydrogens (tertiary/aromatic N) is 3. The lowest BCUT2D eigenvalue weighted by molar-refractivity contribution is -0.139. The third-order valence-corrected chi connectivity index (χ3v) is 6.75. The van der Waals surface area contributed by atoms with Crippen LogP contribution < -0.4 is 4.90 Å². The molecule has 5 rings (SSSR count). The highest BCUT2D eigenvalue weighted by atomic mass is 32.1. The summed E-state index contributed by atoms with van der Waals surface area (Å²) in [5, 5.41) is 0.604. The molecule has 0 saturated carbocycles. The number of aryl methyl sites for hydroxylation is 1. The minimum absolute atomic E-state index is 0.151. The molecule has 0 unspecified atom stereocenters. The van der Waals surface area contributed by atoms with Gasteiger partial charge < -0.3 is 0 Å². The Morgan fingerprint density at radius 3 is 2.30 bits per heavy atom. The summed E-state index contributed by atoms with van der Waals surface area (Å²) in [6, 6.07) is 22.6. The van der Waals surface area contributed by atoms with Crippen LogP contribution >= 0.6 is 11.3 Å². The van der Waals surface area contributed by atoms with Crippen LogP contribution in [-0.4, -0.2) is 27.6 Å². The third-order valence-electron chi connectivity index (χ3n) is 5.73. The van der Waals surface area contributed by atoms with Gasteiger partial charge in [-0.1, -0.05) is 53.8 Å². The van der Waals surface area contributed by atoms with Gasteiger partial charge >= 0.3 is 0 Å². The minimum atomic E-state index is -0.191. The number of benzene rings is 3. The molecule has 0 atom stereocenters. The van der Waals surface area contributed by atoms with E-state index in [1.54, 1.807) is 29.2 Å². The van der Waals surface area contributed by atoms with E-state index in [-0.39, 0.29) is 37.1 Å². The van der Waals surface area contributed by atoms with Gasteiger partial charge in [-0.05, 0) is 48.4 Å². The third kappa shape index (κ3) is 4.03. The molecule has 2 heterocycles. The summed E-state index contributed by atoms with van der Waals surface area (Å²) in [6.07, 6.45) is 0.534. The number of para-hydroxylation sites is 2. The lowest BCUT2D eigenvalue weighted by Crippen LogP contribution is -2.28. The summed E-state index contributed by atoms with van der Waals surface area (Å²) in [4.78, 5) is 45.2. The number of carbonyl (C=O) groups is 3. The van der Waals surface area contributed by atoms with Crippen molar-refractivity contribution in [2.75, 3.05) is 4.90 Å². The predicted octanol–water partition coefficient (Wildman–Crippen LogP) is 5.23. The number of hydrogen-bond acceptors (Lipinski definition) is 5. The van der Waals surface area contributed by atoms with E-state index in [0.717, 1.165) is 27.0 Å². The zero-order valence-corrected chi connectivity index (χ0v) is 18.8. The first-order valence-corrected chi connectivity index (χ1v) is 11.5. The second-order valence-corrected chi connectivity index (χ2v) is 8.97. The molecule has 0 aliphatic carbocycles. The molecule has 1 aromatic heterocycles. The second kappa shape index (κ2) is 8.60. The minimum Gasteiger partial charge on any atom is -0.278 e. The van der Waals surface area contributed by atoms with Gasteiger partial charge in [0.1, 0.15) is 0 Å². The highest BCUT2D eigenvalue weighted by molar-refractivity contribution is 7.22. The van der Waals surface area contributed by atoms with Gasteiger partial charge in [0.2, 0.25) is 11.8 Å². The van der Waals surface area contributed by atoms with E-state index in [1.165, 1.54) is 16.2 Å². The smallest absolute Gasteiger partial charge is 0.264 e. The first-order chi connectivity index (χ1) is 16.0. The van der Waals surface area contributed by atoms with Crippen LogP contribution in [0.1, 0.15) is 34.3 Å². The number of fused-ring (bicyclic) bond motifs is 1. The molecule has 3 aromatic carbocycles. The summed E-state index contributed by atoms with van der Waals surface area (Å²) >= 11 is 1.47. The number of rotatable bonds is 5. The largest absolute Gasteiger partial charge is 0.278 e. The van der Waals surface area contributed by atoms with Crippen molar-refractivity contribution in [2.24, 2.45) is 0 Å². The Bertz CT molecular complexity index is 1330. The first kappa shape index (κ1) is 21.0.